The molecule has 1 fully saturated rings. The van der Waals surface area contributed by atoms with Gasteiger partial charge in [-0.25, -0.2) is 0 Å². The summed E-state index contributed by atoms with van der Waals surface area (Å²) >= 11 is 0. The fourth-order valence-electron chi connectivity index (χ4n) is 3.05. The number of hydrogen-bond donors (Lipinski definition) is 1. The number of aromatic nitrogens is 2. The van der Waals surface area contributed by atoms with Crippen LogP contribution < -0.4 is 5.32 Å². The summed E-state index contributed by atoms with van der Waals surface area (Å²) in [5.41, 5.74) is 2.14. The molecule has 1 aliphatic heterocycles. The van der Waals surface area contributed by atoms with Crippen LogP contribution in [0.3, 0.4) is 0 Å². The summed E-state index contributed by atoms with van der Waals surface area (Å²) in [6, 6.07) is 8.33. The summed E-state index contributed by atoms with van der Waals surface area (Å²) < 4.78 is 11.0. The Hall–Kier alpha value is -1.43. The smallest absolute Gasteiger partial charge is 0.235 e. The van der Waals surface area contributed by atoms with Gasteiger partial charge in [-0.1, -0.05) is 36.3 Å². The van der Waals surface area contributed by atoms with Crippen LogP contribution in [0.2, 0.25) is 0 Å². The number of nitrogens with zero attached hydrogens (tertiary/aromatic N) is 2. The number of halogens is 1. The molecule has 2 aromatic rings. The Morgan fingerprint density at radius 1 is 1.22 bits per heavy atom. The number of aryl methyl sites for hydroxylation is 1. The van der Waals surface area contributed by atoms with Crippen LogP contribution in [0, 0.1) is 0 Å². The molecule has 0 aliphatic carbocycles. The predicted octanol–water partition coefficient (Wildman–Crippen LogP) is 2.99. The molecule has 0 spiro atoms. The number of methoxy groups -OCH3 is 1. The van der Waals surface area contributed by atoms with E-state index in [4.69, 9.17) is 9.26 Å². The third-order valence-corrected chi connectivity index (χ3v) is 4.48. The normalized spacial score (nSPS) is 16.8. The van der Waals surface area contributed by atoms with Crippen molar-refractivity contribution in [1.29, 1.82) is 0 Å². The minimum Gasteiger partial charge on any atom is -0.384 e. The molecule has 1 aromatic heterocycles. The van der Waals surface area contributed by atoms with E-state index in [2.05, 4.69) is 46.6 Å². The lowest BCUT2D eigenvalue weighted by Gasteiger charge is -2.33. The molecule has 0 radical (unpaired) electrons. The lowest BCUT2D eigenvalue weighted by molar-refractivity contribution is 0.0850. The van der Waals surface area contributed by atoms with Gasteiger partial charge in [0.25, 0.3) is 0 Å². The van der Waals surface area contributed by atoms with E-state index in [1.807, 2.05) is 0 Å². The second-order valence-corrected chi connectivity index (χ2v) is 5.94. The zero-order chi connectivity index (χ0) is 15.4. The maximum Gasteiger partial charge on any atom is 0.235 e. The van der Waals surface area contributed by atoms with Crippen molar-refractivity contribution in [3.8, 4) is 11.4 Å². The van der Waals surface area contributed by atoms with Crippen molar-refractivity contribution in [2.75, 3.05) is 26.8 Å². The summed E-state index contributed by atoms with van der Waals surface area (Å²) in [4.78, 5) is 4.66. The number of benzene rings is 1. The minimum absolute atomic E-state index is 0. The van der Waals surface area contributed by atoms with Crippen LogP contribution in [0.15, 0.2) is 28.8 Å². The molecule has 3 rings (SSSR count). The van der Waals surface area contributed by atoms with Crippen LogP contribution in [0.4, 0.5) is 0 Å². The minimum atomic E-state index is -0.158. The van der Waals surface area contributed by atoms with Crippen LogP contribution in [0.1, 0.15) is 31.2 Å². The first kappa shape index (κ1) is 17.9. The molecular formula is C17H24ClN3O2. The van der Waals surface area contributed by atoms with Crippen molar-refractivity contribution >= 4 is 12.4 Å². The highest BCUT2D eigenvalue weighted by molar-refractivity contribution is 5.85. The second kappa shape index (κ2) is 7.90. The van der Waals surface area contributed by atoms with E-state index < -0.39 is 0 Å². The van der Waals surface area contributed by atoms with Crippen molar-refractivity contribution in [3.63, 3.8) is 0 Å². The number of rotatable bonds is 5. The molecule has 2 heterocycles. The Morgan fingerprint density at radius 3 is 2.52 bits per heavy atom. The lowest BCUT2D eigenvalue weighted by atomic mass is 9.79. The SMILES string of the molecule is CCc1ccc(-c2noc(C3(COC)CCNCC3)n2)cc1.Cl. The number of hydrogen-bond acceptors (Lipinski definition) is 5. The lowest BCUT2D eigenvalue weighted by Crippen LogP contribution is -2.43. The van der Waals surface area contributed by atoms with Crippen molar-refractivity contribution < 1.29 is 9.26 Å². The Morgan fingerprint density at radius 2 is 1.91 bits per heavy atom. The zero-order valence-corrected chi connectivity index (χ0v) is 14.5. The Labute approximate surface area is 143 Å². The molecule has 1 N–H and O–H groups in total. The van der Waals surface area contributed by atoms with Gasteiger partial charge in [0.2, 0.25) is 11.7 Å². The van der Waals surface area contributed by atoms with E-state index in [1.165, 1.54) is 5.56 Å². The van der Waals surface area contributed by atoms with Crippen molar-refractivity contribution in [3.05, 3.63) is 35.7 Å². The van der Waals surface area contributed by atoms with E-state index in [9.17, 15) is 0 Å². The average molecular weight is 338 g/mol. The van der Waals surface area contributed by atoms with E-state index in [1.54, 1.807) is 7.11 Å². The van der Waals surface area contributed by atoms with Crippen LogP contribution >= 0.6 is 12.4 Å². The molecule has 0 unspecified atom stereocenters. The first-order valence-corrected chi connectivity index (χ1v) is 7.90. The first-order chi connectivity index (χ1) is 10.8. The Balaban J connectivity index is 0.00000192. The molecule has 5 nitrogen and oxygen atoms in total. The maximum absolute atomic E-state index is 5.60. The summed E-state index contributed by atoms with van der Waals surface area (Å²) in [6.45, 7) is 4.66. The van der Waals surface area contributed by atoms with Gasteiger partial charge < -0.3 is 14.6 Å². The molecule has 1 aromatic carbocycles. The van der Waals surface area contributed by atoms with E-state index in [0.717, 1.165) is 37.9 Å². The average Bonchev–Trinajstić information content (AvgIpc) is 3.07. The second-order valence-electron chi connectivity index (χ2n) is 5.94. The molecule has 1 saturated heterocycles. The van der Waals surface area contributed by atoms with Gasteiger partial charge in [0.15, 0.2) is 0 Å². The van der Waals surface area contributed by atoms with Crippen LogP contribution in [-0.2, 0) is 16.6 Å². The van der Waals surface area contributed by atoms with E-state index >= 15 is 0 Å². The highest BCUT2D eigenvalue weighted by Gasteiger charge is 2.39. The molecule has 0 saturated carbocycles. The summed E-state index contributed by atoms with van der Waals surface area (Å²) in [5.74, 6) is 1.36. The van der Waals surface area contributed by atoms with Crippen molar-refractivity contribution in [2.45, 2.75) is 31.6 Å². The fraction of sp³-hybridized carbons (Fsp3) is 0.529. The summed E-state index contributed by atoms with van der Waals surface area (Å²) in [5, 5.41) is 7.56. The van der Waals surface area contributed by atoms with Gasteiger partial charge >= 0.3 is 0 Å². The van der Waals surface area contributed by atoms with Gasteiger partial charge in [-0.3, -0.25) is 0 Å². The summed E-state index contributed by atoms with van der Waals surface area (Å²) in [7, 11) is 1.73. The third-order valence-electron chi connectivity index (χ3n) is 4.48. The van der Waals surface area contributed by atoms with E-state index in [0.29, 0.717) is 18.3 Å². The molecule has 0 bridgehead atoms. The summed E-state index contributed by atoms with van der Waals surface area (Å²) in [6.07, 6.45) is 2.94. The van der Waals surface area contributed by atoms with Crippen LogP contribution in [0.5, 0.6) is 0 Å². The highest BCUT2D eigenvalue weighted by Crippen LogP contribution is 2.33. The van der Waals surface area contributed by atoms with Crippen LogP contribution in [-0.4, -0.2) is 36.9 Å². The van der Waals surface area contributed by atoms with Gasteiger partial charge in [0.05, 0.1) is 12.0 Å². The molecule has 126 valence electrons. The maximum atomic E-state index is 5.60. The molecule has 1 aliphatic rings. The zero-order valence-electron chi connectivity index (χ0n) is 13.7. The van der Waals surface area contributed by atoms with E-state index in [-0.39, 0.29) is 17.8 Å². The molecule has 0 atom stereocenters. The fourth-order valence-corrected chi connectivity index (χ4v) is 3.05. The molecule has 6 heteroatoms. The molecule has 0 amide bonds. The Kier molecular flexibility index (Phi) is 6.16. The largest absolute Gasteiger partial charge is 0.384 e. The molecular weight excluding hydrogens is 314 g/mol. The number of ether oxygens (including phenoxy) is 1. The number of nitrogens with one attached hydrogen (secondary N) is 1. The van der Waals surface area contributed by atoms with Crippen molar-refractivity contribution in [1.82, 2.24) is 15.5 Å². The quantitative estimate of drug-likeness (QED) is 0.908. The van der Waals surface area contributed by atoms with Gasteiger partial charge in [0.1, 0.15) is 0 Å². The van der Waals surface area contributed by atoms with Crippen molar-refractivity contribution in [2.24, 2.45) is 0 Å². The van der Waals surface area contributed by atoms with Gasteiger partial charge in [-0.05, 0) is 37.9 Å². The topological polar surface area (TPSA) is 60.2 Å². The third kappa shape index (κ3) is 3.74. The monoisotopic (exact) mass is 337 g/mol. The van der Waals surface area contributed by atoms with Gasteiger partial charge in [-0.15, -0.1) is 12.4 Å². The highest BCUT2D eigenvalue weighted by atomic mass is 35.5. The number of piperidine rings is 1. The first-order valence-electron chi connectivity index (χ1n) is 7.90. The van der Waals surface area contributed by atoms with Gasteiger partial charge in [-0.2, -0.15) is 4.98 Å². The van der Waals surface area contributed by atoms with Gasteiger partial charge in [0, 0.05) is 12.7 Å². The predicted molar refractivity (Wildman–Crippen MR) is 92.0 cm³/mol. The standard InChI is InChI=1S/C17H23N3O2.ClH/c1-3-13-4-6-14(7-5-13)15-19-16(22-20-15)17(12-21-2)8-10-18-11-9-17;/h4-7,18H,3,8-12H2,1-2H3;1H. The Bertz CT molecular complexity index is 601. The molecule has 23 heavy (non-hydrogen) atoms. The van der Waals surface area contributed by atoms with Crippen LogP contribution in [0.25, 0.3) is 11.4 Å².